The molecule has 3 N–H and O–H groups in total. The van der Waals surface area contributed by atoms with Gasteiger partial charge >= 0.3 is 0 Å². The summed E-state index contributed by atoms with van der Waals surface area (Å²) in [5.41, 5.74) is 5.36. The second-order valence-corrected chi connectivity index (χ2v) is 6.80. The number of benzene rings is 1. The van der Waals surface area contributed by atoms with Crippen LogP contribution < -0.4 is 10.5 Å². The van der Waals surface area contributed by atoms with Crippen LogP contribution in [-0.2, 0) is 10.0 Å². The Labute approximate surface area is 117 Å². The molecular formula is C12H17N3O4S. The van der Waals surface area contributed by atoms with Crippen LogP contribution in [0.4, 0.5) is 11.4 Å². The van der Waals surface area contributed by atoms with Crippen LogP contribution in [0.3, 0.4) is 0 Å². The minimum absolute atomic E-state index is 0.00810. The highest BCUT2D eigenvalue weighted by molar-refractivity contribution is 7.89. The lowest BCUT2D eigenvalue weighted by atomic mass is 10.1. The van der Waals surface area contributed by atoms with Crippen molar-refractivity contribution in [2.45, 2.75) is 37.1 Å². The summed E-state index contributed by atoms with van der Waals surface area (Å²) in [7, 11) is -3.84. The molecule has 7 nitrogen and oxygen atoms in total. The topological polar surface area (TPSA) is 115 Å². The summed E-state index contributed by atoms with van der Waals surface area (Å²) in [6, 6.07) is 3.29. The second kappa shape index (κ2) is 5.37. The fraction of sp³-hybridized carbons (Fsp3) is 0.500. The molecule has 0 aromatic heterocycles. The number of sulfonamides is 1. The first-order valence-electron chi connectivity index (χ1n) is 6.37. The SMILES string of the molecule is CC1CCCC1NS(=O)(=O)c1cc([N+](=O)[O-])ccc1N. The monoisotopic (exact) mass is 299 g/mol. The van der Waals surface area contributed by atoms with Crippen LogP contribution in [0, 0.1) is 16.0 Å². The van der Waals surface area contributed by atoms with Crippen LogP contribution >= 0.6 is 0 Å². The number of nitro groups is 1. The molecule has 1 aliphatic carbocycles. The van der Waals surface area contributed by atoms with Gasteiger partial charge in [-0.25, -0.2) is 13.1 Å². The van der Waals surface area contributed by atoms with Gasteiger partial charge in [0.25, 0.3) is 5.69 Å². The Balaban J connectivity index is 2.33. The van der Waals surface area contributed by atoms with Crippen molar-refractivity contribution in [1.82, 2.24) is 4.72 Å². The molecule has 1 aromatic rings. The number of hydrogen-bond donors (Lipinski definition) is 2. The van der Waals surface area contributed by atoms with Crippen LogP contribution in [-0.4, -0.2) is 19.4 Å². The van der Waals surface area contributed by atoms with Gasteiger partial charge in [0.15, 0.2) is 0 Å². The Bertz CT molecular complexity index is 630. The van der Waals surface area contributed by atoms with E-state index in [-0.39, 0.29) is 28.2 Å². The zero-order chi connectivity index (χ0) is 14.9. The van der Waals surface area contributed by atoms with Crippen LogP contribution in [0.15, 0.2) is 23.1 Å². The summed E-state index contributed by atoms with van der Waals surface area (Å²) in [5.74, 6) is 0.254. The van der Waals surface area contributed by atoms with Crippen molar-refractivity contribution in [1.29, 1.82) is 0 Å². The van der Waals surface area contributed by atoms with E-state index in [9.17, 15) is 18.5 Å². The predicted octanol–water partition coefficient (Wildman–Crippen LogP) is 1.64. The summed E-state index contributed by atoms with van der Waals surface area (Å²) in [5, 5.41) is 10.7. The molecule has 0 heterocycles. The van der Waals surface area contributed by atoms with Gasteiger partial charge < -0.3 is 5.73 Å². The number of rotatable bonds is 4. The minimum atomic E-state index is -3.84. The number of nitro benzene ring substituents is 1. The van der Waals surface area contributed by atoms with Crippen LogP contribution in [0.5, 0.6) is 0 Å². The lowest BCUT2D eigenvalue weighted by Gasteiger charge is -2.18. The summed E-state index contributed by atoms with van der Waals surface area (Å²) in [6.45, 7) is 1.98. The lowest BCUT2D eigenvalue weighted by Crippen LogP contribution is -2.36. The first-order valence-corrected chi connectivity index (χ1v) is 7.86. The molecule has 20 heavy (non-hydrogen) atoms. The molecule has 2 rings (SSSR count). The molecule has 0 radical (unpaired) electrons. The first kappa shape index (κ1) is 14.7. The zero-order valence-electron chi connectivity index (χ0n) is 11.1. The summed E-state index contributed by atoms with van der Waals surface area (Å²) in [6.07, 6.45) is 2.71. The van der Waals surface area contributed by atoms with E-state index < -0.39 is 14.9 Å². The van der Waals surface area contributed by atoms with Gasteiger partial charge in [-0.05, 0) is 24.8 Å². The average molecular weight is 299 g/mol. The molecule has 0 amide bonds. The molecule has 1 aromatic carbocycles. The molecule has 110 valence electrons. The van der Waals surface area contributed by atoms with Crippen LogP contribution in [0.1, 0.15) is 26.2 Å². The van der Waals surface area contributed by atoms with Gasteiger partial charge in [0.2, 0.25) is 10.0 Å². The van der Waals surface area contributed by atoms with E-state index >= 15 is 0 Å². The molecule has 1 aliphatic rings. The third kappa shape index (κ3) is 2.91. The van der Waals surface area contributed by atoms with Gasteiger partial charge in [-0.3, -0.25) is 10.1 Å². The fourth-order valence-corrected chi connectivity index (χ4v) is 3.98. The molecular weight excluding hydrogens is 282 g/mol. The third-order valence-corrected chi connectivity index (χ3v) is 5.21. The number of anilines is 1. The normalized spacial score (nSPS) is 22.9. The minimum Gasteiger partial charge on any atom is -0.398 e. The Morgan fingerprint density at radius 3 is 2.65 bits per heavy atom. The van der Waals surface area contributed by atoms with E-state index in [4.69, 9.17) is 5.73 Å². The smallest absolute Gasteiger partial charge is 0.270 e. The average Bonchev–Trinajstić information content (AvgIpc) is 2.74. The number of hydrogen-bond acceptors (Lipinski definition) is 5. The van der Waals surface area contributed by atoms with E-state index in [0.29, 0.717) is 0 Å². The van der Waals surface area contributed by atoms with E-state index in [2.05, 4.69) is 4.72 Å². The Morgan fingerprint density at radius 2 is 2.10 bits per heavy atom. The summed E-state index contributed by atoms with van der Waals surface area (Å²) >= 11 is 0. The number of nitrogens with zero attached hydrogens (tertiary/aromatic N) is 1. The van der Waals surface area contributed by atoms with Gasteiger partial charge in [-0.2, -0.15) is 0 Å². The van der Waals surface area contributed by atoms with E-state index in [0.717, 1.165) is 25.3 Å². The van der Waals surface area contributed by atoms with E-state index in [1.165, 1.54) is 12.1 Å². The molecule has 8 heteroatoms. The molecule has 0 spiro atoms. The first-order chi connectivity index (χ1) is 9.31. The number of nitrogen functional groups attached to an aromatic ring is 1. The number of nitrogens with one attached hydrogen (secondary N) is 1. The van der Waals surface area contributed by atoms with E-state index in [1.54, 1.807) is 0 Å². The van der Waals surface area contributed by atoms with Crippen LogP contribution in [0.25, 0.3) is 0 Å². The molecule has 1 saturated carbocycles. The zero-order valence-corrected chi connectivity index (χ0v) is 11.9. The van der Waals surface area contributed by atoms with Crippen molar-refractivity contribution in [3.63, 3.8) is 0 Å². The number of non-ortho nitro benzene ring substituents is 1. The summed E-state index contributed by atoms with van der Waals surface area (Å²) < 4.78 is 27.2. The van der Waals surface area contributed by atoms with Crippen molar-refractivity contribution in [3.05, 3.63) is 28.3 Å². The molecule has 0 saturated heterocycles. The van der Waals surface area contributed by atoms with Crippen molar-refractivity contribution < 1.29 is 13.3 Å². The van der Waals surface area contributed by atoms with Crippen molar-refractivity contribution in [2.75, 3.05) is 5.73 Å². The van der Waals surface area contributed by atoms with Gasteiger partial charge in [0.05, 0.1) is 10.6 Å². The fourth-order valence-electron chi connectivity index (χ4n) is 2.45. The van der Waals surface area contributed by atoms with Crippen LogP contribution in [0.2, 0.25) is 0 Å². The highest BCUT2D eigenvalue weighted by Gasteiger charge is 2.30. The standard InChI is InChI=1S/C12H17N3O4S/c1-8-3-2-4-11(8)14-20(18,19)12-7-9(15(16)17)5-6-10(12)13/h5-8,11,14H,2-4,13H2,1H3. The predicted molar refractivity (Wildman–Crippen MR) is 74.6 cm³/mol. The van der Waals surface area contributed by atoms with Crippen molar-refractivity contribution >= 4 is 21.4 Å². The molecule has 0 bridgehead atoms. The molecule has 2 atom stereocenters. The molecule has 0 aliphatic heterocycles. The molecule has 1 fully saturated rings. The Kier molecular flexibility index (Phi) is 3.96. The van der Waals surface area contributed by atoms with Crippen molar-refractivity contribution in [2.24, 2.45) is 5.92 Å². The largest absolute Gasteiger partial charge is 0.398 e. The Hall–Kier alpha value is -1.67. The lowest BCUT2D eigenvalue weighted by molar-refractivity contribution is -0.385. The van der Waals surface area contributed by atoms with Crippen molar-refractivity contribution in [3.8, 4) is 0 Å². The highest BCUT2D eigenvalue weighted by Crippen LogP contribution is 2.29. The maximum atomic E-state index is 12.3. The van der Waals surface area contributed by atoms with Gasteiger partial charge in [-0.1, -0.05) is 13.3 Å². The van der Waals surface area contributed by atoms with E-state index in [1.807, 2.05) is 6.92 Å². The quantitative estimate of drug-likeness (QED) is 0.498. The Morgan fingerprint density at radius 1 is 1.40 bits per heavy atom. The van der Waals surface area contributed by atoms with Gasteiger partial charge in [0.1, 0.15) is 4.90 Å². The van der Waals surface area contributed by atoms with Gasteiger partial charge in [-0.15, -0.1) is 0 Å². The maximum absolute atomic E-state index is 12.3. The highest BCUT2D eigenvalue weighted by atomic mass is 32.2. The third-order valence-electron chi connectivity index (χ3n) is 3.67. The molecule has 2 unspecified atom stereocenters. The maximum Gasteiger partial charge on any atom is 0.270 e. The number of nitrogens with two attached hydrogens (primary N) is 1. The summed E-state index contributed by atoms with van der Waals surface area (Å²) in [4.78, 5) is 9.86. The second-order valence-electron chi connectivity index (χ2n) is 5.12. The van der Waals surface area contributed by atoms with Gasteiger partial charge in [0, 0.05) is 18.2 Å².